The molecule has 0 radical (unpaired) electrons. The molecule has 1 amide bonds. The van der Waals surface area contributed by atoms with Crippen molar-refractivity contribution in [2.45, 2.75) is 19.3 Å². The maximum absolute atomic E-state index is 12.0. The van der Waals surface area contributed by atoms with E-state index >= 15 is 0 Å². The molecule has 0 atom stereocenters. The lowest BCUT2D eigenvalue weighted by Gasteiger charge is -2.07. The second-order valence-electron chi connectivity index (χ2n) is 4.01. The Bertz CT molecular complexity index is 573. The second-order valence-corrected chi connectivity index (χ2v) is 4.82. The van der Waals surface area contributed by atoms with Gasteiger partial charge in [0.25, 0.3) is 5.91 Å². The predicted molar refractivity (Wildman–Crippen MR) is 70.4 cm³/mol. The average Bonchev–Trinajstić information content (AvgIpc) is 2.79. The zero-order chi connectivity index (χ0) is 13.1. The second kappa shape index (κ2) is 5.43. The van der Waals surface area contributed by atoms with Crippen molar-refractivity contribution in [3.8, 4) is 6.07 Å². The number of halogens is 2. The lowest BCUT2D eigenvalue weighted by molar-refractivity contribution is 0.0965. The van der Waals surface area contributed by atoms with E-state index in [1.54, 1.807) is 12.1 Å². The van der Waals surface area contributed by atoms with Crippen LogP contribution < -0.4 is 5.32 Å². The number of carbonyl (C=O) groups is 1. The average molecular weight is 281 g/mol. The Kier molecular flexibility index (Phi) is 3.90. The number of hydrogen-bond donors (Lipinski definition) is 1. The molecule has 0 saturated heterocycles. The minimum Gasteiger partial charge on any atom is -0.325 e. The molecule has 18 heavy (non-hydrogen) atoms. The SMILES string of the molecule is N#CC1=C(NC(=O)c2ccc(Cl)c(Cl)c2)CCC1. The molecule has 3 nitrogen and oxygen atoms in total. The van der Waals surface area contributed by atoms with E-state index in [4.69, 9.17) is 28.5 Å². The van der Waals surface area contributed by atoms with Crippen LogP contribution in [0.2, 0.25) is 10.0 Å². The Morgan fingerprint density at radius 1 is 1.28 bits per heavy atom. The van der Waals surface area contributed by atoms with Crippen molar-refractivity contribution >= 4 is 29.1 Å². The monoisotopic (exact) mass is 280 g/mol. The molecule has 0 fully saturated rings. The van der Waals surface area contributed by atoms with Gasteiger partial charge >= 0.3 is 0 Å². The number of amides is 1. The topological polar surface area (TPSA) is 52.9 Å². The van der Waals surface area contributed by atoms with Crippen LogP contribution in [0.25, 0.3) is 0 Å². The van der Waals surface area contributed by atoms with Crippen molar-refractivity contribution in [3.05, 3.63) is 45.1 Å². The lowest BCUT2D eigenvalue weighted by atomic mass is 10.2. The van der Waals surface area contributed by atoms with Crippen LogP contribution in [0, 0.1) is 11.3 Å². The lowest BCUT2D eigenvalue weighted by Crippen LogP contribution is -2.22. The third-order valence-electron chi connectivity index (χ3n) is 2.80. The van der Waals surface area contributed by atoms with Gasteiger partial charge in [-0.25, -0.2) is 0 Å². The Morgan fingerprint density at radius 2 is 2.06 bits per heavy atom. The molecule has 0 unspecified atom stereocenters. The Hall–Kier alpha value is -1.50. The number of allylic oxidation sites excluding steroid dienone is 2. The Labute approximate surface area is 115 Å². The fourth-order valence-corrected chi connectivity index (χ4v) is 2.15. The zero-order valence-corrected chi connectivity index (χ0v) is 11.0. The van der Waals surface area contributed by atoms with Crippen LogP contribution in [0.15, 0.2) is 29.5 Å². The molecule has 1 aromatic carbocycles. The highest BCUT2D eigenvalue weighted by atomic mass is 35.5. The maximum Gasteiger partial charge on any atom is 0.255 e. The standard InChI is InChI=1S/C13H10Cl2N2O/c14-10-5-4-8(6-11(10)15)13(18)17-12-3-1-2-9(12)7-16/h4-6H,1-3H2,(H,17,18). The molecule has 2 rings (SSSR count). The first-order chi connectivity index (χ1) is 8.61. The number of carbonyl (C=O) groups excluding carboxylic acids is 1. The summed E-state index contributed by atoms with van der Waals surface area (Å²) in [4.78, 5) is 12.0. The van der Waals surface area contributed by atoms with Crippen LogP contribution in [0.3, 0.4) is 0 Å². The molecule has 92 valence electrons. The highest BCUT2D eigenvalue weighted by molar-refractivity contribution is 6.42. The van der Waals surface area contributed by atoms with Crippen molar-refractivity contribution in [2.75, 3.05) is 0 Å². The van der Waals surface area contributed by atoms with E-state index in [-0.39, 0.29) is 5.91 Å². The Balaban J connectivity index is 2.18. The van der Waals surface area contributed by atoms with Gasteiger partial charge in [0.2, 0.25) is 0 Å². The number of nitriles is 1. The van der Waals surface area contributed by atoms with Gasteiger partial charge in [-0.3, -0.25) is 4.79 Å². The number of rotatable bonds is 2. The third kappa shape index (κ3) is 2.66. The van der Waals surface area contributed by atoms with Crippen LogP contribution in [-0.4, -0.2) is 5.91 Å². The molecule has 5 heteroatoms. The molecule has 1 aromatic rings. The van der Waals surface area contributed by atoms with Gasteiger partial charge in [-0.05, 0) is 37.5 Å². The number of nitrogens with zero attached hydrogens (tertiary/aromatic N) is 1. The summed E-state index contributed by atoms with van der Waals surface area (Å²) in [5.41, 5.74) is 1.80. The Morgan fingerprint density at radius 3 is 2.72 bits per heavy atom. The van der Waals surface area contributed by atoms with E-state index in [0.29, 0.717) is 26.9 Å². The molecule has 0 heterocycles. The third-order valence-corrected chi connectivity index (χ3v) is 3.54. The van der Waals surface area contributed by atoms with Gasteiger partial charge in [-0.15, -0.1) is 0 Å². The molecule has 0 aliphatic heterocycles. The molecule has 0 bridgehead atoms. The van der Waals surface area contributed by atoms with E-state index in [9.17, 15) is 4.79 Å². The first kappa shape index (κ1) is 12.9. The molecular weight excluding hydrogens is 271 g/mol. The molecular formula is C13H10Cl2N2O. The molecule has 1 N–H and O–H groups in total. The van der Waals surface area contributed by atoms with E-state index in [1.807, 2.05) is 0 Å². The van der Waals surface area contributed by atoms with Gasteiger partial charge < -0.3 is 5.32 Å². The van der Waals surface area contributed by atoms with E-state index < -0.39 is 0 Å². The van der Waals surface area contributed by atoms with Gasteiger partial charge in [-0.1, -0.05) is 23.2 Å². The summed E-state index contributed by atoms with van der Waals surface area (Å²) in [5, 5.41) is 12.4. The summed E-state index contributed by atoms with van der Waals surface area (Å²) in [6, 6.07) is 6.80. The highest BCUT2D eigenvalue weighted by Gasteiger charge is 2.17. The van der Waals surface area contributed by atoms with E-state index in [2.05, 4.69) is 11.4 Å². The van der Waals surface area contributed by atoms with Crippen molar-refractivity contribution in [2.24, 2.45) is 0 Å². The molecule has 1 aliphatic carbocycles. The van der Waals surface area contributed by atoms with Gasteiger partial charge in [0, 0.05) is 16.8 Å². The van der Waals surface area contributed by atoms with Crippen LogP contribution in [-0.2, 0) is 0 Å². The first-order valence-electron chi connectivity index (χ1n) is 5.50. The van der Waals surface area contributed by atoms with Gasteiger partial charge in [0.15, 0.2) is 0 Å². The fraction of sp³-hybridized carbons (Fsp3) is 0.231. The summed E-state index contributed by atoms with van der Waals surface area (Å²) < 4.78 is 0. The van der Waals surface area contributed by atoms with Crippen molar-refractivity contribution in [3.63, 3.8) is 0 Å². The van der Waals surface area contributed by atoms with Crippen LogP contribution in [0.5, 0.6) is 0 Å². The molecule has 0 saturated carbocycles. The van der Waals surface area contributed by atoms with E-state index in [0.717, 1.165) is 19.3 Å². The first-order valence-corrected chi connectivity index (χ1v) is 6.26. The minimum atomic E-state index is -0.266. The zero-order valence-electron chi connectivity index (χ0n) is 9.46. The number of nitrogens with one attached hydrogen (secondary N) is 1. The fourth-order valence-electron chi connectivity index (χ4n) is 1.85. The van der Waals surface area contributed by atoms with Crippen LogP contribution in [0.1, 0.15) is 29.6 Å². The summed E-state index contributed by atoms with van der Waals surface area (Å²) in [7, 11) is 0. The summed E-state index contributed by atoms with van der Waals surface area (Å²) in [5.74, 6) is -0.266. The summed E-state index contributed by atoms with van der Waals surface area (Å²) in [6.07, 6.45) is 2.36. The molecule has 1 aliphatic rings. The van der Waals surface area contributed by atoms with Crippen LogP contribution in [0.4, 0.5) is 0 Å². The summed E-state index contributed by atoms with van der Waals surface area (Å²) in [6.45, 7) is 0. The maximum atomic E-state index is 12.0. The van der Waals surface area contributed by atoms with Gasteiger partial charge in [0.1, 0.15) is 0 Å². The van der Waals surface area contributed by atoms with Crippen LogP contribution >= 0.6 is 23.2 Å². The number of benzene rings is 1. The molecule has 0 spiro atoms. The smallest absolute Gasteiger partial charge is 0.255 e. The minimum absolute atomic E-state index is 0.266. The summed E-state index contributed by atoms with van der Waals surface area (Å²) >= 11 is 11.6. The van der Waals surface area contributed by atoms with Crippen molar-refractivity contribution in [1.82, 2.24) is 5.32 Å². The number of hydrogen-bond acceptors (Lipinski definition) is 2. The van der Waals surface area contributed by atoms with E-state index in [1.165, 1.54) is 6.07 Å². The van der Waals surface area contributed by atoms with Gasteiger partial charge in [0.05, 0.1) is 16.1 Å². The van der Waals surface area contributed by atoms with Crippen molar-refractivity contribution in [1.29, 1.82) is 5.26 Å². The largest absolute Gasteiger partial charge is 0.325 e. The van der Waals surface area contributed by atoms with Gasteiger partial charge in [-0.2, -0.15) is 5.26 Å². The normalized spacial score (nSPS) is 14.5. The van der Waals surface area contributed by atoms with Crippen molar-refractivity contribution < 1.29 is 4.79 Å². The molecule has 0 aromatic heterocycles. The quantitative estimate of drug-likeness (QED) is 0.898. The highest BCUT2D eigenvalue weighted by Crippen LogP contribution is 2.25. The predicted octanol–water partition coefficient (Wildman–Crippen LogP) is 3.68.